The number of aliphatic hydroxyl groups is 1. The molecule has 3 unspecified atom stereocenters. The number of nitrogens with zero attached hydrogens (tertiary/aromatic N) is 1. The Balaban J connectivity index is 1.70. The highest BCUT2D eigenvalue weighted by molar-refractivity contribution is 5.85. The molecule has 2 fully saturated rings. The number of rotatable bonds is 2. The van der Waals surface area contributed by atoms with Gasteiger partial charge in [-0.15, -0.1) is 0 Å². The van der Waals surface area contributed by atoms with E-state index in [1.807, 2.05) is 12.2 Å². The van der Waals surface area contributed by atoms with Gasteiger partial charge < -0.3 is 15.1 Å². The maximum atomic E-state index is 12.6. The van der Waals surface area contributed by atoms with Crippen LogP contribution in [0, 0.1) is 23.7 Å². The van der Waals surface area contributed by atoms with Crippen molar-refractivity contribution in [1.82, 2.24) is 4.90 Å². The first-order chi connectivity index (χ1) is 9.58. The number of aliphatic carboxylic acids is 1. The van der Waals surface area contributed by atoms with Gasteiger partial charge in [0.2, 0.25) is 5.91 Å². The zero-order valence-electron chi connectivity index (χ0n) is 11.4. The van der Waals surface area contributed by atoms with Gasteiger partial charge in [0, 0.05) is 19.0 Å². The molecule has 1 aliphatic heterocycles. The van der Waals surface area contributed by atoms with Crippen molar-refractivity contribution in [3.05, 3.63) is 12.2 Å². The van der Waals surface area contributed by atoms with Crippen LogP contribution in [-0.4, -0.2) is 46.2 Å². The summed E-state index contributed by atoms with van der Waals surface area (Å²) in [5, 5.41) is 19.2. The monoisotopic (exact) mass is 279 g/mol. The Labute approximate surface area is 118 Å². The molecule has 3 rings (SSSR count). The van der Waals surface area contributed by atoms with E-state index in [4.69, 9.17) is 0 Å². The summed E-state index contributed by atoms with van der Waals surface area (Å²) in [5.74, 6) is -1.36. The van der Waals surface area contributed by atoms with Gasteiger partial charge in [0.1, 0.15) is 0 Å². The lowest BCUT2D eigenvalue weighted by Gasteiger charge is -2.29. The number of amides is 1. The highest BCUT2D eigenvalue weighted by atomic mass is 16.4. The Hall–Kier alpha value is -1.36. The summed E-state index contributed by atoms with van der Waals surface area (Å²) in [7, 11) is 0. The molecule has 1 saturated heterocycles. The molecule has 0 radical (unpaired) electrons. The molecule has 1 amide bonds. The van der Waals surface area contributed by atoms with Gasteiger partial charge in [0.15, 0.2) is 0 Å². The van der Waals surface area contributed by atoms with Gasteiger partial charge in [-0.1, -0.05) is 12.2 Å². The van der Waals surface area contributed by atoms with Gasteiger partial charge in [-0.2, -0.15) is 0 Å². The fourth-order valence-electron chi connectivity index (χ4n) is 4.01. The molecule has 5 nitrogen and oxygen atoms in total. The zero-order chi connectivity index (χ0) is 14.3. The minimum Gasteiger partial charge on any atom is -0.481 e. The summed E-state index contributed by atoms with van der Waals surface area (Å²) in [5.41, 5.74) is 0. The van der Waals surface area contributed by atoms with Gasteiger partial charge in [-0.25, -0.2) is 0 Å². The number of carbonyl (C=O) groups is 2. The molecule has 5 atom stereocenters. The maximum Gasteiger partial charge on any atom is 0.307 e. The molecule has 0 aromatic carbocycles. The van der Waals surface area contributed by atoms with Crippen LogP contribution in [-0.2, 0) is 9.59 Å². The van der Waals surface area contributed by atoms with E-state index >= 15 is 0 Å². The number of likely N-dealkylation sites (tertiary alicyclic amines) is 1. The molecule has 5 heteroatoms. The van der Waals surface area contributed by atoms with Gasteiger partial charge in [0.05, 0.1) is 17.9 Å². The van der Waals surface area contributed by atoms with Crippen LogP contribution >= 0.6 is 0 Å². The van der Waals surface area contributed by atoms with Crippen molar-refractivity contribution in [1.29, 1.82) is 0 Å². The summed E-state index contributed by atoms with van der Waals surface area (Å²) >= 11 is 0. The normalized spacial score (nSPS) is 39.9. The van der Waals surface area contributed by atoms with Crippen molar-refractivity contribution in [3.63, 3.8) is 0 Å². The van der Waals surface area contributed by atoms with E-state index in [2.05, 4.69) is 0 Å². The Morgan fingerprint density at radius 3 is 2.40 bits per heavy atom. The fourth-order valence-corrected chi connectivity index (χ4v) is 4.01. The molecule has 1 heterocycles. The van der Waals surface area contributed by atoms with Gasteiger partial charge in [-0.3, -0.25) is 9.59 Å². The molecule has 110 valence electrons. The Morgan fingerprint density at radius 2 is 1.75 bits per heavy atom. The molecule has 0 bridgehead atoms. The summed E-state index contributed by atoms with van der Waals surface area (Å²) in [4.78, 5) is 25.7. The van der Waals surface area contributed by atoms with E-state index in [0.29, 0.717) is 31.8 Å². The molecule has 2 N–H and O–H groups in total. The third kappa shape index (κ3) is 2.24. The van der Waals surface area contributed by atoms with Crippen molar-refractivity contribution in [3.8, 4) is 0 Å². The molecule has 2 aliphatic carbocycles. The number of hydrogen-bond acceptors (Lipinski definition) is 3. The molecule has 1 saturated carbocycles. The van der Waals surface area contributed by atoms with Crippen molar-refractivity contribution in [2.24, 2.45) is 23.7 Å². The fraction of sp³-hybridized carbons (Fsp3) is 0.733. The highest BCUT2D eigenvalue weighted by Crippen LogP contribution is 2.39. The smallest absolute Gasteiger partial charge is 0.307 e. The number of carboxylic acids is 1. The topological polar surface area (TPSA) is 77.8 Å². The van der Waals surface area contributed by atoms with E-state index < -0.39 is 17.8 Å². The van der Waals surface area contributed by atoms with E-state index in [0.717, 1.165) is 12.8 Å². The number of fused-ring (bicyclic) bond motifs is 1. The second kappa shape index (κ2) is 5.20. The molecule has 0 aromatic heterocycles. The van der Waals surface area contributed by atoms with Crippen molar-refractivity contribution < 1.29 is 19.8 Å². The third-order valence-electron chi connectivity index (χ3n) is 5.20. The van der Waals surface area contributed by atoms with Gasteiger partial charge >= 0.3 is 5.97 Å². The van der Waals surface area contributed by atoms with Crippen LogP contribution in [0.1, 0.15) is 25.7 Å². The quantitative estimate of drug-likeness (QED) is 0.736. The molecule has 3 aliphatic rings. The van der Waals surface area contributed by atoms with E-state index in [9.17, 15) is 19.8 Å². The van der Waals surface area contributed by atoms with Crippen LogP contribution < -0.4 is 0 Å². The average molecular weight is 279 g/mol. The van der Waals surface area contributed by atoms with Crippen molar-refractivity contribution in [2.45, 2.75) is 31.8 Å². The molecule has 0 spiro atoms. The lowest BCUT2D eigenvalue weighted by atomic mass is 9.82. The SMILES string of the molecule is O=C(O)[C@H]1CC=CC[C@H]1C(=O)N1CC2CCC(O)C2C1. The molecule has 0 aromatic rings. The first-order valence-electron chi connectivity index (χ1n) is 7.42. The highest BCUT2D eigenvalue weighted by Gasteiger charge is 2.45. The second-order valence-electron chi connectivity index (χ2n) is 6.31. The van der Waals surface area contributed by atoms with E-state index in [1.54, 1.807) is 4.90 Å². The summed E-state index contributed by atoms with van der Waals surface area (Å²) in [6.45, 7) is 1.28. The third-order valence-corrected chi connectivity index (χ3v) is 5.20. The first kappa shape index (κ1) is 13.6. The van der Waals surface area contributed by atoms with Crippen molar-refractivity contribution in [2.75, 3.05) is 13.1 Å². The predicted octanol–water partition coefficient (Wildman–Crippen LogP) is 0.883. The van der Waals surface area contributed by atoms with Crippen LogP contribution in [0.5, 0.6) is 0 Å². The van der Waals surface area contributed by atoms with Crippen LogP contribution in [0.2, 0.25) is 0 Å². The Bertz CT molecular complexity index is 447. The first-order valence-corrected chi connectivity index (χ1v) is 7.42. The largest absolute Gasteiger partial charge is 0.481 e. The van der Waals surface area contributed by atoms with Crippen LogP contribution in [0.15, 0.2) is 12.2 Å². The van der Waals surface area contributed by atoms with Crippen LogP contribution in [0.4, 0.5) is 0 Å². The number of carbonyl (C=O) groups excluding carboxylic acids is 1. The number of carboxylic acid groups (broad SMARTS) is 1. The average Bonchev–Trinajstić information content (AvgIpc) is 3.00. The molecular formula is C15H21NO4. The number of allylic oxidation sites excluding steroid dienone is 2. The lowest BCUT2D eigenvalue weighted by molar-refractivity contribution is -0.150. The number of aliphatic hydroxyl groups excluding tert-OH is 1. The van der Waals surface area contributed by atoms with Gasteiger partial charge in [-0.05, 0) is 31.6 Å². The standard InChI is InChI=1S/C15H21NO4/c17-13-6-5-9-7-16(8-12(9)13)14(18)10-3-1-2-4-11(10)15(19)20/h1-2,9-13,17H,3-8H2,(H,19,20)/t9?,10-,11+,12?,13?/m1/s1. The Kier molecular flexibility index (Phi) is 3.54. The van der Waals surface area contributed by atoms with E-state index in [-0.39, 0.29) is 17.9 Å². The van der Waals surface area contributed by atoms with Crippen molar-refractivity contribution >= 4 is 11.9 Å². The predicted molar refractivity (Wildman–Crippen MR) is 71.8 cm³/mol. The molecule has 20 heavy (non-hydrogen) atoms. The minimum atomic E-state index is -0.882. The Morgan fingerprint density at radius 1 is 1.05 bits per heavy atom. The lowest BCUT2D eigenvalue weighted by Crippen LogP contribution is -2.41. The summed E-state index contributed by atoms with van der Waals surface area (Å²) in [6.07, 6.45) is 6.24. The van der Waals surface area contributed by atoms with Crippen LogP contribution in [0.25, 0.3) is 0 Å². The van der Waals surface area contributed by atoms with Gasteiger partial charge in [0.25, 0.3) is 0 Å². The zero-order valence-corrected chi connectivity index (χ0v) is 11.4. The summed E-state index contributed by atoms with van der Waals surface area (Å²) < 4.78 is 0. The minimum absolute atomic E-state index is 0.0386. The van der Waals surface area contributed by atoms with E-state index in [1.165, 1.54) is 0 Å². The van der Waals surface area contributed by atoms with Crippen LogP contribution in [0.3, 0.4) is 0 Å². The molecular weight excluding hydrogens is 258 g/mol. The number of hydrogen-bond donors (Lipinski definition) is 2. The summed E-state index contributed by atoms with van der Waals surface area (Å²) in [6, 6.07) is 0. The second-order valence-corrected chi connectivity index (χ2v) is 6.31. The maximum absolute atomic E-state index is 12.6.